The Morgan fingerprint density at radius 3 is 1.63 bits per heavy atom. The largest absolute Gasteiger partial charge is 0.492 e. The van der Waals surface area contributed by atoms with Crippen LogP contribution in [-0.4, -0.2) is 67.9 Å². The zero-order valence-electron chi connectivity index (χ0n) is 31.3. The van der Waals surface area contributed by atoms with E-state index < -0.39 is 32.4 Å². The third-order valence-electron chi connectivity index (χ3n) is 8.88. The van der Waals surface area contributed by atoms with Gasteiger partial charge in [-0.2, -0.15) is 9.97 Å². The van der Waals surface area contributed by atoms with Gasteiger partial charge in [0.1, 0.15) is 23.1 Å². The number of carboxylic acid groups (broad SMARTS) is 1. The highest BCUT2D eigenvalue weighted by atomic mass is 16.6. The Kier molecular flexibility index (Phi) is 14.1. The Morgan fingerprint density at radius 1 is 0.741 bits per heavy atom. The number of hydrogen-bond acceptors (Lipinski definition) is 13. The van der Waals surface area contributed by atoms with Gasteiger partial charge in [0.05, 0.1) is 31.7 Å². The van der Waals surface area contributed by atoms with Crippen molar-refractivity contribution >= 4 is 37.1 Å². The van der Waals surface area contributed by atoms with Gasteiger partial charge in [0.25, 0.3) is 0 Å². The van der Waals surface area contributed by atoms with E-state index >= 15 is 0 Å². The quantitative estimate of drug-likeness (QED) is 0.111. The Balaban J connectivity index is 0.000000208. The number of rotatable bonds is 15. The second-order valence-corrected chi connectivity index (χ2v) is 13.1. The van der Waals surface area contributed by atoms with Gasteiger partial charge in [0.15, 0.2) is 0 Å². The second-order valence-electron chi connectivity index (χ2n) is 13.1. The van der Waals surface area contributed by atoms with Crippen LogP contribution in [0.4, 0.5) is 0 Å². The first kappa shape index (κ1) is 40.3. The predicted octanol–water partition coefficient (Wildman–Crippen LogP) is 4.79. The van der Waals surface area contributed by atoms with Crippen molar-refractivity contribution in [3.05, 3.63) is 82.7 Å². The van der Waals surface area contributed by atoms with Gasteiger partial charge in [0.2, 0.25) is 11.8 Å². The summed E-state index contributed by atoms with van der Waals surface area (Å²) >= 11 is 0. The number of esters is 1. The van der Waals surface area contributed by atoms with E-state index in [2.05, 4.69) is 33.8 Å². The molecule has 0 amide bonds. The van der Waals surface area contributed by atoms with E-state index in [1.54, 1.807) is 49.6 Å². The third kappa shape index (κ3) is 10.4. The van der Waals surface area contributed by atoms with Gasteiger partial charge in [-0.3, -0.25) is 9.59 Å². The first-order chi connectivity index (χ1) is 26.0. The van der Waals surface area contributed by atoms with Crippen LogP contribution in [0.1, 0.15) is 105 Å². The van der Waals surface area contributed by atoms with E-state index in [9.17, 15) is 19.6 Å². The maximum Gasteiger partial charge on any atom is 0.492 e. The number of carbonyl (C=O) groups is 2. The monoisotopic (exact) mass is 740 g/mol. The number of ether oxygens (including phenoxy) is 3. The summed E-state index contributed by atoms with van der Waals surface area (Å²) in [6, 6.07) is 10.4. The van der Waals surface area contributed by atoms with Crippen molar-refractivity contribution < 1.29 is 48.3 Å². The van der Waals surface area contributed by atoms with Crippen molar-refractivity contribution in [1.82, 2.24) is 19.9 Å². The number of aryl methyl sites for hydroxylation is 4. The minimum atomic E-state index is -1.16. The van der Waals surface area contributed by atoms with Crippen LogP contribution in [0.15, 0.2) is 48.8 Å². The number of hydrogen-bond donors (Lipinski definition) is 3. The molecule has 0 bridgehead atoms. The Labute approximate surface area is 315 Å². The molecular weight excluding hydrogens is 694 g/mol. The molecule has 0 aliphatic carbocycles. The second kappa shape index (κ2) is 18.9. The van der Waals surface area contributed by atoms with Crippen molar-refractivity contribution in [1.29, 1.82) is 0 Å². The Hall–Kier alpha value is -4.89. The topological polar surface area (TPSA) is 193 Å². The zero-order chi connectivity index (χ0) is 38.8. The molecule has 0 radical (unpaired) electrons. The molecule has 16 heteroatoms. The molecular formula is C38H46B2N4O10. The summed E-state index contributed by atoms with van der Waals surface area (Å²) in [6.45, 7) is 10.0. The van der Waals surface area contributed by atoms with Crippen LogP contribution in [0.3, 0.4) is 0 Å². The highest BCUT2D eigenvalue weighted by molar-refractivity contribution is 6.62. The number of benzene rings is 2. The molecule has 0 saturated carbocycles. The highest BCUT2D eigenvalue weighted by Crippen LogP contribution is 2.34. The van der Waals surface area contributed by atoms with Crippen LogP contribution in [-0.2, 0) is 36.5 Å². The first-order valence-corrected chi connectivity index (χ1v) is 18.3. The van der Waals surface area contributed by atoms with Crippen LogP contribution in [0.2, 0.25) is 0 Å². The SMILES string of the molecule is CCCCc1nccc(Oc2cc(C)c3c(c2)B(O)OC3CC(=O)O)n1.CCCCc1nccc(Oc2cc(C)c3c(c2)B(O)OC3CC(=O)OCC)n1. The molecule has 4 heterocycles. The molecule has 14 nitrogen and oxygen atoms in total. The van der Waals surface area contributed by atoms with Crippen molar-refractivity contribution in [3.8, 4) is 23.3 Å². The first-order valence-electron chi connectivity index (χ1n) is 18.3. The van der Waals surface area contributed by atoms with E-state index in [1.165, 1.54) is 0 Å². The molecule has 284 valence electrons. The molecule has 2 unspecified atom stereocenters. The van der Waals surface area contributed by atoms with Crippen LogP contribution in [0.25, 0.3) is 0 Å². The smallest absolute Gasteiger partial charge is 0.481 e. The molecule has 0 saturated heterocycles. The van der Waals surface area contributed by atoms with E-state index in [0.29, 0.717) is 46.4 Å². The number of carbonyl (C=O) groups excluding carboxylic acids is 1. The lowest BCUT2D eigenvalue weighted by molar-refractivity contribution is -0.145. The van der Waals surface area contributed by atoms with E-state index in [1.807, 2.05) is 19.9 Å². The summed E-state index contributed by atoms with van der Waals surface area (Å²) in [5, 5.41) is 29.4. The van der Waals surface area contributed by atoms with Gasteiger partial charge in [-0.1, -0.05) is 26.7 Å². The fraction of sp³-hybridized carbons (Fsp3) is 0.421. The normalized spacial score (nSPS) is 15.6. The summed E-state index contributed by atoms with van der Waals surface area (Å²) < 4.78 is 27.7. The summed E-state index contributed by atoms with van der Waals surface area (Å²) in [6.07, 6.45) is 7.78. The molecule has 2 aliphatic heterocycles. The van der Waals surface area contributed by atoms with E-state index in [4.69, 9.17) is 28.6 Å². The third-order valence-corrected chi connectivity index (χ3v) is 8.88. The van der Waals surface area contributed by atoms with Crippen molar-refractivity contribution in [2.75, 3.05) is 6.61 Å². The Bertz CT molecular complexity index is 1930. The van der Waals surface area contributed by atoms with Crippen molar-refractivity contribution in [3.63, 3.8) is 0 Å². The molecule has 3 N–H and O–H groups in total. The van der Waals surface area contributed by atoms with E-state index in [0.717, 1.165) is 66.9 Å². The molecule has 6 rings (SSSR count). The van der Waals surface area contributed by atoms with Gasteiger partial charge in [-0.05, 0) is 91.1 Å². The maximum atomic E-state index is 11.8. The van der Waals surface area contributed by atoms with Crippen molar-refractivity contribution in [2.24, 2.45) is 0 Å². The van der Waals surface area contributed by atoms with E-state index in [-0.39, 0.29) is 18.8 Å². The lowest BCUT2D eigenvalue weighted by atomic mass is 9.77. The number of nitrogens with zero attached hydrogens (tertiary/aromatic N) is 4. The highest BCUT2D eigenvalue weighted by Gasteiger charge is 2.39. The summed E-state index contributed by atoms with van der Waals surface area (Å²) in [4.78, 5) is 40.1. The molecule has 2 aromatic carbocycles. The fourth-order valence-electron chi connectivity index (χ4n) is 6.44. The fourth-order valence-corrected chi connectivity index (χ4v) is 6.44. The number of fused-ring (bicyclic) bond motifs is 2. The van der Waals surface area contributed by atoms with Gasteiger partial charge in [-0.15, -0.1) is 0 Å². The Morgan fingerprint density at radius 2 is 1.20 bits per heavy atom. The molecule has 0 spiro atoms. The van der Waals surface area contributed by atoms with Gasteiger partial charge in [0, 0.05) is 37.4 Å². The number of aromatic nitrogens is 4. The molecule has 54 heavy (non-hydrogen) atoms. The standard InChI is InChI=1S/C20H25BN2O5.C18H21BN2O5/c1-4-6-7-17-22-9-8-18(23-17)27-14-10-13(3)20-15(11-14)21(25)28-16(20)12-19(24)26-5-2;1-3-4-5-15-20-7-6-16(21-15)25-12-8-11(2)18-13(9-12)19(24)26-14(18)10-17(22)23/h8-11,16,25H,4-7,12H2,1-3H3;6-9,14,24H,3-5,10H2,1-2H3,(H,22,23). The van der Waals surface area contributed by atoms with Crippen LogP contribution in [0, 0.1) is 13.8 Å². The number of carboxylic acids is 1. The number of unbranched alkanes of at least 4 members (excludes halogenated alkanes) is 2. The number of aliphatic carboxylic acids is 1. The summed E-state index contributed by atoms with van der Waals surface area (Å²) in [5.41, 5.74) is 4.33. The summed E-state index contributed by atoms with van der Waals surface area (Å²) in [7, 11) is -2.27. The maximum absolute atomic E-state index is 11.8. The molecule has 2 atom stereocenters. The average Bonchev–Trinajstić information content (AvgIpc) is 3.61. The lowest BCUT2D eigenvalue weighted by Crippen LogP contribution is -2.28. The molecule has 2 aromatic heterocycles. The minimum Gasteiger partial charge on any atom is -0.481 e. The van der Waals surface area contributed by atoms with Gasteiger partial charge in [-0.25, -0.2) is 9.97 Å². The minimum absolute atomic E-state index is 0.0612. The van der Waals surface area contributed by atoms with Gasteiger partial charge < -0.3 is 38.7 Å². The molecule has 2 aliphatic rings. The van der Waals surface area contributed by atoms with Crippen LogP contribution in [0.5, 0.6) is 23.3 Å². The van der Waals surface area contributed by atoms with Crippen LogP contribution < -0.4 is 20.4 Å². The zero-order valence-corrected chi connectivity index (χ0v) is 31.3. The van der Waals surface area contributed by atoms with Crippen molar-refractivity contribution in [2.45, 2.75) is 98.2 Å². The van der Waals surface area contributed by atoms with Crippen LogP contribution >= 0.6 is 0 Å². The predicted molar refractivity (Wildman–Crippen MR) is 200 cm³/mol. The lowest BCUT2D eigenvalue weighted by Gasteiger charge is -2.14. The summed E-state index contributed by atoms with van der Waals surface area (Å²) in [5.74, 6) is 2.10. The molecule has 4 aromatic rings. The van der Waals surface area contributed by atoms with Gasteiger partial charge >= 0.3 is 26.2 Å². The average molecular weight is 740 g/mol. The molecule has 0 fully saturated rings.